The van der Waals surface area contributed by atoms with Crippen molar-refractivity contribution in [3.63, 3.8) is 0 Å². The molecule has 1 amide bonds. The molecule has 21 heavy (non-hydrogen) atoms. The Morgan fingerprint density at radius 3 is 2.86 bits per heavy atom. The molecule has 112 valence electrons. The summed E-state index contributed by atoms with van der Waals surface area (Å²) in [5.74, 6) is 0.599. The number of amides is 1. The summed E-state index contributed by atoms with van der Waals surface area (Å²) in [6, 6.07) is 3.86. The standard InChI is InChI=1S/C15H19N3O2S/c1-11(13-16-10-20-18-13)17-14(19)15(7-3-2-4-8-15)12-6-5-9-21-12/h5-6,9-11H,2-4,7-8H2,1H3,(H,17,19). The zero-order valence-electron chi connectivity index (χ0n) is 12.0. The van der Waals surface area contributed by atoms with Crippen LogP contribution in [0.3, 0.4) is 0 Å². The fourth-order valence-corrected chi connectivity index (χ4v) is 4.04. The van der Waals surface area contributed by atoms with Gasteiger partial charge in [-0.1, -0.05) is 30.5 Å². The molecule has 0 aromatic carbocycles. The molecule has 5 nitrogen and oxygen atoms in total. The van der Waals surface area contributed by atoms with Crippen LogP contribution >= 0.6 is 11.3 Å². The van der Waals surface area contributed by atoms with Crippen LogP contribution in [0.4, 0.5) is 0 Å². The van der Waals surface area contributed by atoms with Gasteiger partial charge in [0.1, 0.15) is 0 Å². The van der Waals surface area contributed by atoms with Gasteiger partial charge in [0.05, 0.1) is 11.5 Å². The molecule has 2 heterocycles. The number of hydrogen-bond donors (Lipinski definition) is 1. The van der Waals surface area contributed by atoms with E-state index in [1.807, 2.05) is 18.4 Å². The van der Waals surface area contributed by atoms with E-state index in [2.05, 4.69) is 21.5 Å². The van der Waals surface area contributed by atoms with Gasteiger partial charge in [0.2, 0.25) is 12.3 Å². The fraction of sp³-hybridized carbons (Fsp3) is 0.533. The SMILES string of the molecule is CC(NC(=O)C1(c2cccs2)CCCCC1)c1ncon1. The lowest BCUT2D eigenvalue weighted by Gasteiger charge is -2.35. The summed E-state index contributed by atoms with van der Waals surface area (Å²) in [6.07, 6.45) is 6.52. The highest BCUT2D eigenvalue weighted by molar-refractivity contribution is 7.10. The number of nitrogens with one attached hydrogen (secondary N) is 1. The minimum atomic E-state index is -0.385. The maximum Gasteiger partial charge on any atom is 0.232 e. The molecule has 1 aliphatic rings. The molecule has 2 aromatic heterocycles. The Bertz CT molecular complexity index is 574. The molecule has 2 aromatic rings. The lowest BCUT2D eigenvalue weighted by molar-refractivity contribution is -0.128. The van der Waals surface area contributed by atoms with Crippen molar-refractivity contribution in [3.05, 3.63) is 34.6 Å². The van der Waals surface area contributed by atoms with Crippen LogP contribution in [0.25, 0.3) is 0 Å². The molecule has 0 saturated heterocycles. The summed E-state index contributed by atoms with van der Waals surface area (Å²) in [5.41, 5.74) is -0.385. The molecule has 1 saturated carbocycles. The van der Waals surface area contributed by atoms with E-state index in [-0.39, 0.29) is 17.4 Å². The number of thiophene rings is 1. The van der Waals surface area contributed by atoms with Crippen molar-refractivity contribution in [1.82, 2.24) is 15.5 Å². The first-order valence-electron chi connectivity index (χ1n) is 7.33. The summed E-state index contributed by atoms with van der Waals surface area (Å²) >= 11 is 1.67. The normalized spacial score (nSPS) is 19.1. The molecule has 1 fully saturated rings. The van der Waals surface area contributed by atoms with Crippen molar-refractivity contribution in [2.45, 2.75) is 50.5 Å². The summed E-state index contributed by atoms with van der Waals surface area (Å²) < 4.78 is 4.75. The van der Waals surface area contributed by atoms with Crippen LogP contribution < -0.4 is 5.32 Å². The van der Waals surface area contributed by atoms with Gasteiger partial charge in [0.15, 0.2) is 5.82 Å². The third-order valence-corrected chi connectivity index (χ3v) is 5.32. The van der Waals surface area contributed by atoms with Crippen molar-refractivity contribution in [3.8, 4) is 0 Å². The smallest absolute Gasteiger partial charge is 0.232 e. The molecule has 3 rings (SSSR count). The van der Waals surface area contributed by atoms with E-state index in [0.29, 0.717) is 5.82 Å². The Balaban J connectivity index is 1.82. The van der Waals surface area contributed by atoms with E-state index in [1.54, 1.807) is 11.3 Å². The van der Waals surface area contributed by atoms with Crippen LogP contribution in [0, 0.1) is 0 Å². The van der Waals surface area contributed by atoms with Gasteiger partial charge in [0.25, 0.3) is 0 Å². The van der Waals surface area contributed by atoms with Crippen LogP contribution in [0.2, 0.25) is 0 Å². The van der Waals surface area contributed by atoms with Crippen LogP contribution in [-0.2, 0) is 10.2 Å². The number of aromatic nitrogens is 2. The van der Waals surface area contributed by atoms with Gasteiger partial charge in [-0.05, 0) is 31.2 Å². The Kier molecular flexibility index (Phi) is 4.05. The molecule has 1 atom stereocenters. The topological polar surface area (TPSA) is 68.0 Å². The lowest BCUT2D eigenvalue weighted by Crippen LogP contribution is -2.46. The van der Waals surface area contributed by atoms with E-state index in [9.17, 15) is 4.79 Å². The highest BCUT2D eigenvalue weighted by Gasteiger charge is 2.42. The predicted octanol–water partition coefficient (Wildman–Crippen LogP) is 3.21. The minimum absolute atomic E-state index is 0.0851. The van der Waals surface area contributed by atoms with E-state index in [0.717, 1.165) is 25.7 Å². The lowest BCUT2D eigenvalue weighted by atomic mass is 9.72. The minimum Gasteiger partial charge on any atom is -0.345 e. The molecule has 0 bridgehead atoms. The fourth-order valence-electron chi connectivity index (χ4n) is 3.06. The number of carbonyl (C=O) groups excluding carboxylic acids is 1. The second kappa shape index (κ2) is 5.97. The Hall–Kier alpha value is -1.69. The van der Waals surface area contributed by atoms with Gasteiger partial charge in [-0.25, -0.2) is 0 Å². The third-order valence-electron chi connectivity index (χ3n) is 4.25. The van der Waals surface area contributed by atoms with Gasteiger partial charge >= 0.3 is 0 Å². The maximum absolute atomic E-state index is 12.9. The number of rotatable bonds is 4. The van der Waals surface area contributed by atoms with E-state index >= 15 is 0 Å². The van der Waals surface area contributed by atoms with Gasteiger partial charge in [-0.3, -0.25) is 4.79 Å². The first-order chi connectivity index (χ1) is 10.2. The molecule has 0 aliphatic heterocycles. The van der Waals surface area contributed by atoms with E-state index in [4.69, 9.17) is 4.52 Å². The quantitative estimate of drug-likeness (QED) is 0.941. The second-order valence-corrected chi connectivity index (χ2v) is 6.55. The van der Waals surface area contributed by atoms with Crippen molar-refractivity contribution < 1.29 is 9.32 Å². The average Bonchev–Trinajstić information content (AvgIpc) is 3.21. The molecule has 1 unspecified atom stereocenters. The first kappa shape index (κ1) is 14.3. The number of nitrogens with zero attached hydrogens (tertiary/aromatic N) is 2. The molecule has 1 N–H and O–H groups in total. The van der Waals surface area contributed by atoms with Crippen LogP contribution in [0.1, 0.15) is 55.8 Å². The zero-order chi connectivity index (χ0) is 14.7. The van der Waals surface area contributed by atoms with Crippen LogP contribution in [0.5, 0.6) is 0 Å². The molecule has 0 spiro atoms. The highest BCUT2D eigenvalue weighted by atomic mass is 32.1. The Morgan fingerprint density at radius 1 is 1.43 bits per heavy atom. The third kappa shape index (κ3) is 2.72. The molecule has 1 aliphatic carbocycles. The van der Waals surface area contributed by atoms with Gasteiger partial charge in [0, 0.05) is 4.88 Å². The Labute approximate surface area is 127 Å². The summed E-state index contributed by atoms with van der Waals surface area (Å²) in [4.78, 5) is 18.1. The van der Waals surface area contributed by atoms with Gasteiger partial charge < -0.3 is 9.84 Å². The average molecular weight is 305 g/mol. The highest BCUT2D eigenvalue weighted by Crippen LogP contribution is 2.42. The van der Waals surface area contributed by atoms with Crippen molar-refractivity contribution in [2.24, 2.45) is 0 Å². The Morgan fingerprint density at radius 2 is 2.24 bits per heavy atom. The molecular formula is C15H19N3O2S. The molecule has 6 heteroatoms. The van der Waals surface area contributed by atoms with Gasteiger partial charge in [-0.15, -0.1) is 11.3 Å². The van der Waals surface area contributed by atoms with Crippen LogP contribution in [0.15, 0.2) is 28.4 Å². The second-order valence-electron chi connectivity index (χ2n) is 5.60. The van der Waals surface area contributed by atoms with E-state index in [1.165, 1.54) is 17.7 Å². The monoisotopic (exact) mass is 305 g/mol. The first-order valence-corrected chi connectivity index (χ1v) is 8.21. The molecule has 0 radical (unpaired) electrons. The maximum atomic E-state index is 12.9. The van der Waals surface area contributed by atoms with Crippen molar-refractivity contribution in [1.29, 1.82) is 0 Å². The summed E-state index contributed by atoms with van der Waals surface area (Å²) in [6.45, 7) is 1.88. The summed E-state index contributed by atoms with van der Waals surface area (Å²) in [7, 11) is 0. The van der Waals surface area contributed by atoms with E-state index < -0.39 is 0 Å². The van der Waals surface area contributed by atoms with Crippen molar-refractivity contribution >= 4 is 17.2 Å². The van der Waals surface area contributed by atoms with Crippen molar-refractivity contribution in [2.75, 3.05) is 0 Å². The number of hydrogen-bond acceptors (Lipinski definition) is 5. The number of carbonyl (C=O) groups is 1. The molecular weight excluding hydrogens is 286 g/mol. The zero-order valence-corrected chi connectivity index (χ0v) is 12.9. The summed E-state index contributed by atoms with van der Waals surface area (Å²) in [5, 5.41) is 8.91. The van der Waals surface area contributed by atoms with Gasteiger partial charge in [-0.2, -0.15) is 4.98 Å². The largest absolute Gasteiger partial charge is 0.345 e. The van der Waals surface area contributed by atoms with Crippen LogP contribution in [-0.4, -0.2) is 16.0 Å². The predicted molar refractivity (Wildman–Crippen MR) is 79.9 cm³/mol.